The lowest BCUT2D eigenvalue weighted by molar-refractivity contribution is -0.145. The molecule has 0 unspecified atom stereocenters. The zero-order chi connectivity index (χ0) is 12.1. The van der Waals surface area contributed by atoms with Gasteiger partial charge in [-0.25, -0.2) is 0 Å². The van der Waals surface area contributed by atoms with Crippen molar-refractivity contribution in [2.45, 2.75) is 70.4 Å². The average molecular weight is 239 g/mol. The Morgan fingerprint density at radius 1 is 1.06 bits per heavy atom. The van der Waals surface area contributed by atoms with Crippen LogP contribution in [-0.2, 0) is 9.53 Å². The number of rotatable bonds is 5. The summed E-state index contributed by atoms with van der Waals surface area (Å²) in [4.78, 5) is 14.1. The van der Waals surface area contributed by atoms with Crippen LogP contribution in [-0.4, -0.2) is 36.1 Å². The molecule has 3 nitrogen and oxygen atoms in total. The number of ether oxygens (including phenoxy) is 1. The average Bonchev–Trinajstić information content (AvgIpc) is 3.14. The lowest BCUT2D eigenvalue weighted by Gasteiger charge is -2.30. The molecule has 0 aromatic carbocycles. The first-order chi connectivity index (χ1) is 8.31. The van der Waals surface area contributed by atoms with Crippen molar-refractivity contribution in [3.8, 4) is 0 Å². The molecule has 2 fully saturated rings. The van der Waals surface area contributed by atoms with Crippen LogP contribution in [0.2, 0.25) is 0 Å². The molecular weight excluding hydrogens is 214 g/mol. The second-order valence-corrected chi connectivity index (χ2v) is 5.35. The van der Waals surface area contributed by atoms with E-state index < -0.39 is 0 Å². The molecular formula is C14H25NO2. The second kappa shape index (κ2) is 6.39. The number of carbonyl (C=O) groups is 1. The quantitative estimate of drug-likeness (QED) is 0.546. The van der Waals surface area contributed by atoms with E-state index in [2.05, 4.69) is 4.90 Å². The van der Waals surface area contributed by atoms with Gasteiger partial charge >= 0.3 is 5.97 Å². The van der Waals surface area contributed by atoms with Crippen molar-refractivity contribution in [1.82, 2.24) is 4.90 Å². The molecule has 0 atom stereocenters. The Labute approximate surface area is 105 Å². The van der Waals surface area contributed by atoms with Gasteiger partial charge in [-0.2, -0.15) is 0 Å². The molecule has 2 aliphatic rings. The summed E-state index contributed by atoms with van der Waals surface area (Å²) in [6, 6.07) is 1.30. The van der Waals surface area contributed by atoms with Gasteiger partial charge in [-0.1, -0.05) is 25.7 Å². The third kappa shape index (κ3) is 3.98. The van der Waals surface area contributed by atoms with Crippen LogP contribution in [0.4, 0.5) is 0 Å². The van der Waals surface area contributed by atoms with Crippen LogP contribution >= 0.6 is 0 Å². The summed E-state index contributed by atoms with van der Waals surface area (Å²) in [5, 5.41) is 0. The molecule has 0 saturated heterocycles. The molecule has 0 heterocycles. The Hall–Kier alpha value is -0.570. The third-order valence-electron chi connectivity index (χ3n) is 3.93. The maximum absolute atomic E-state index is 11.7. The van der Waals surface area contributed by atoms with E-state index in [1.807, 2.05) is 6.92 Å². The maximum atomic E-state index is 11.7. The molecule has 0 aliphatic heterocycles. The van der Waals surface area contributed by atoms with E-state index >= 15 is 0 Å². The molecule has 0 aromatic rings. The van der Waals surface area contributed by atoms with Crippen LogP contribution in [0.5, 0.6) is 0 Å². The molecule has 0 radical (unpaired) electrons. The molecule has 0 N–H and O–H groups in total. The van der Waals surface area contributed by atoms with Crippen molar-refractivity contribution in [2.75, 3.05) is 13.2 Å². The van der Waals surface area contributed by atoms with E-state index in [4.69, 9.17) is 4.74 Å². The minimum atomic E-state index is -0.0383. The number of hydrogen-bond donors (Lipinski definition) is 0. The Bertz CT molecular complexity index is 243. The second-order valence-electron chi connectivity index (χ2n) is 5.35. The van der Waals surface area contributed by atoms with Gasteiger partial charge in [-0.05, 0) is 32.6 Å². The smallest absolute Gasteiger partial charge is 0.320 e. The van der Waals surface area contributed by atoms with Gasteiger partial charge in [-0.3, -0.25) is 9.69 Å². The van der Waals surface area contributed by atoms with E-state index in [-0.39, 0.29) is 5.97 Å². The van der Waals surface area contributed by atoms with Crippen LogP contribution in [0.25, 0.3) is 0 Å². The van der Waals surface area contributed by atoms with Crippen molar-refractivity contribution in [2.24, 2.45) is 0 Å². The highest BCUT2D eigenvalue weighted by Gasteiger charge is 2.35. The van der Waals surface area contributed by atoms with Crippen molar-refractivity contribution in [1.29, 1.82) is 0 Å². The first kappa shape index (κ1) is 12.9. The lowest BCUT2D eigenvalue weighted by atomic mass is 10.1. The van der Waals surface area contributed by atoms with Gasteiger partial charge in [0.2, 0.25) is 0 Å². The van der Waals surface area contributed by atoms with E-state index in [0.717, 1.165) is 0 Å². The summed E-state index contributed by atoms with van der Waals surface area (Å²) in [5.74, 6) is -0.0383. The van der Waals surface area contributed by atoms with Gasteiger partial charge in [0.05, 0.1) is 13.2 Å². The minimum Gasteiger partial charge on any atom is -0.465 e. The summed E-state index contributed by atoms with van der Waals surface area (Å²) in [7, 11) is 0. The van der Waals surface area contributed by atoms with Crippen LogP contribution in [0, 0.1) is 0 Å². The Kier molecular flexibility index (Phi) is 4.84. The maximum Gasteiger partial charge on any atom is 0.320 e. The first-order valence-corrected chi connectivity index (χ1v) is 7.22. The highest BCUT2D eigenvalue weighted by molar-refractivity contribution is 5.71. The molecule has 98 valence electrons. The van der Waals surface area contributed by atoms with Crippen molar-refractivity contribution in [3.63, 3.8) is 0 Å². The number of nitrogens with zero attached hydrogens (tertiary/aromatic N) is 1. The summed E-state index contributed by atoms with van der Waals surface area (Å²) >= 11 is 0. The van der Waals surface area contributed by atoms with Crippen LogP contribution in [0.15, 0.2) is 0 Å². The Morgan fingerprint density at radius 2 is 1.65 bits per heavy atom. The third-order valence-corrected chi connectivity index (χ3v) is 3.93. The summed E-state index contributed by atoms with van der Waals surface area (Å²) in [6.07, 6.45) is 10.5. The normalized spacial score (nSPS) is 22.5. The van der Waals surface area contributed by atoms with E-state index in [9.17, 15) is 4.79 Å². The zero-order valence-corrected chi connectivity index (χ0v) is 11.0. The summed E-state index contributed by atoms with van der Waals surface area (Å²) < 4.78 is 5.09. The van der Waals surface area contributed by atoms with E-state index in [0.29, 0.717) is 25.2 Å². The van der Waals surface area contributed by atoms with Gasteiger partial charge in [0.25, 0.3) is 0 Å². The predicted octanol–water partition coefficient (Wildman–Crippen LogP) is 2.74. The fraction of sp³-hybridized carbons (Fsp3) is 0.929. The van der Waals surface area contributed by atoms with Crippen LogP contribution in [0.1, 0.15) is 58.3 Å². The van der Waals surface area contributed by atoms with Crippen LogP contribution in [0.3, 0.4) is 0 Å². The SMILES string of the molecule is CCOC(=O)CN(C1CCCCCC1)C1CC1. The summed E-state index contributed by atoms with van der Waals surface area (Å²) in [6.45, 7) is 2.90. The molecule has 0 spiro atoms. The van der Waals surface area contributed by atoms with E-state index in [1.165, 1.54) is 51.4 Å². The highest BCUT2D eigenvalue weighted by atomic mass is 16.5. The minimum absolute atomic E-state index is 0.0383. The molecule has 2 rings (SSSR count). The molecule has 3 heteroatoms. The van der Waals surface area contributed by atoms with Gasteiger partial charge < -0.3 is 4.74 Å². The van der Waals surface area contributed by atoms with Gasteiger partial charge in [-0.15, -0.1) is 0 Å². The molecule has 0 aromatic heterocycles. The lowest BCUT2D eigenvalue weighted by Crippen LogP contribution is -2.41. The molecule has 2 aliphatic carbocycles. The van der Waals surface area contributed by atoms with Crippen molar-refractivity contribution in [3.05, 3.63) is 0 Å². The highest BCUT2D eigenvalue weighted by Crippen LogP contribution is 2.32. The standard InChI is InChI=1S/C14H25NO2/c1-2-17-14(16)11-15(13-9-10-13)12-7-5-3-4-6-8-12/h12-13H,2-11H2,1H3. The Morgan fingerprint density at radius 3 is 2.18 bits per heavy atom. The van der Waals surface area contributed by atoms with E-state index in [1.54, 1.807) is 0 Å². The fourth-order valence-electron chi connectivity index (χ4n) is 2.91. The summed E-state index contributed by atoms with van der Waals surface area (Å²) in [5.41, 5.74) is 0. The molecule has 0 amide bonds. The number of carbonyl (C=O) groups excluding carboxylic acids is 1. The van der Waals surface area contributed by atoms with Gasteiger partial charge in [0.15, 0.2) is 0 Å². The predicted molar refractivity (Wildman–Crippen MR) is 67.9 cm³/mol. The number of esters is 1. The van der Waals surface area contributed by atoms with Crippen molar-refractivity contribution >= 4 is 5.97 Å². The zero-order valence-electron chi connectivity index (χ0n) is 11.0. The van der Waals surface area contributed by atoms with Crippen molar-refractivity contribution < 1.29 is 9.53 Å². The van der Waals surface area contributed by atoms with Gasteiger partial charge in [0.1, 0.15) is 0 Å². The van der Waals surface area contributed by atoms with Gasteiger partial charge in [0, 0.05) is 12.1 Å². The first-order valence-electron chi connectivity index (χ1n) is 7.22. The molecule has 2 saturated carbocycles. The Balaban J connectivity index is 1.88. The molecule has 0 bridgehead atoms. The molecule has 17 heavy (non-hydrogen) atoms. The fourth-order valence-corrected chi connectivity index (χ4v) is 2.91. The van der Waals surface area contributed by atoms with Crippen LogP contribution < -0.4 is 0 Å². The monoisotopic (exact) mass is 239 g/mol. The number of hydrogen-bond acceptors (Lipinski definition) is 3. The largest absolute Gasteiger partial charge is 0.465 e. The topological polar surface area (TPSA) is 29.5 Å².